The summed E-state index contributed by atoms with van der Waals surface area (Å²) in [6.07, 6.45) is 0. The van der Waals surface area contributed by atoms with E-state index >= 15 is 0 Å². The van der Waals surface area contributed by atoms with E-state index in [9.17, 15) is 4.79 Å². The van der Waals surface area contributed by atoms with Crippen LogP contribution in [-0.2, 0) is 11.3 Å². The Hall–Kier alpha value is -1.55. The highest BCUT2D eigenvalue weighted by Gasteiger charge is 2.13. The third-order valence-corrected chi connectivity index (χ3v) is 2.12. The molecule has 4 heteroatoms. The van der Waals surface area contributed by atoms with Crippen molar-refractivity contribution in [3.63, 3.8) is 0 Å². The summed E-state index contributed by atoms with van der Waals surface area (Å²) in [6.45, 7) is 2.16. The first-order valence-corrected chi connectivity index (χ1v) is 4.79. The lowest BCUT2D eigenvalue weighted by molar-refractivity contribution is -0.131. The summed E-state index contributed by atoms with van der Waals surface area (Å²) in [7, 11) is 1.71. The number of aromatic hydroxyl groups is 1. The molecule has 4 nitrogen and oxygen atoms in total. The van der Waals surface area contributed by atoms with Gasteiger partial charge in [0.2, 0.25) is 5.91 Å². The van der Waals surface area contributed by atoms with E-state index < -0.39 is 6.04 Å². The van der Waals surface area contributed by atoms with Crippen LogP contribution < -0.4 is 5.73 Å². The summed E-state index contributed by atoms with van der Waals surface area (Å²) in [4.78, 5) is 13.0. The van der Waals surface area contributed by atoms with Gasteiger partial charge < -0.3 is 15.7 Å². The quantitative estimate of drug-likeness (QED) is 0.768. The van der Waals surface area contributed by atoms with E-state index in [0.29, 0.717) is 6.54 Å². The van der Waals surface area contributed by atoms with E-state index in [4.69, 9.17) is 10.8 Å². The third-order valence-electron chi connectivity index (χ3n) is 2.12. The Bertz CT molecular complexity index is 333. The first kappa shape index (κ1) is 11.5. The molecule has 0 unspecified atom stereocenters. The molecule has 0 bridgehead atoms. The fraction of sp³-hybridized carbons (Fsp3) is 0.364. The predicted octanol–water partition coefficient (Wildman–Crippen LogP) is 0.698. The molecule has 0 saturated heterocycles. The zero-order valence-corrected chi connectivity index (χ0v) is 8.97. The average molecular weight is 208 g/mol. The molecular formula is C11H16N2O2. The second-order valence-corrected chi connectivity index (χ2v) is 3.65. The Morgan fingerprint density at radius 1 is 1.47 bits per heavy atom. The number of likely N-dealkylation sites (N-methyl/N-ethyl adjacent to an activating group) is 1. The van der Waals surface area contributed by atoms with Crippen LogP contribution >= 0.6 is 0 Å². The Kier molecular flexibility index (Phi) is 3.68. The number of carbonyl (C=O) groups is 1. The lowest BCUT2D eigenvalue weighted by Crippen LogP contribution is -2.39. The van der Waals surface area contributed by atoms with Crippen LogP contribution in [0.25, 0.3) is 0 Å². The molecule has 0 spiro atoms. The maximum atomic E-state index is 11.5. The molecule has 0 fully saturated rings. The second kappa shape index (κ2) is 4.79. The lowest BCUT2D eigenvalue weighted by Gasteiger charge is -2.19. The van der Waals surface area contributed by atoms with Gasteiger partial charge in [-0.1, -0.05) is 12.1 Å². The van der Waals surface area contributed by atoms with Crippen molar-refractivity contribution >= 4 is 5.91 Å². The number of phenolic OH excluding ortho intramolecular Hbond substituents is 1. The van der Waals surface area contributed by atoms with Gasteiger partial charge in [0.15, 0.2) is 0 Å². The third kappa shape index (κ3) is 3.25. The molecule has 3 N–H and O–H groups in total. The SMILES string of the molecule is C[C@H](N)C(=O)N(C)Cc1ccc(O)cc1. The molecule has 0 aliphatic rings. The fourth-order valence-corrected chi connectivity index (χ4v) is 1.30. The van der Waals surface area contributed by atoms with E-state index in [-0.39, 0.29) is 11.7 Å². The van der Waals surface area contributed by atoms with Gasteiger partial charge in [0, 0.05) is 13.6 Å². The fourth-order valence-electron chi connectivity index (χ4n) is 1.30. The maximum absolute atomic E-state index is 11.5. The number of nitrogens with zero attached hydrogens (tertiary/aromatic N) is 1. The monoisotopic (exact) mass is 208 g/mol. The summed E-state index contributed by atoms with van der Waals surface area (Å²) >= 11 is 0. The Morgan fingerprint density at radius 2 is 2.00 bits per heavy atom. The average Bonchev–Trinajstić information content (AvgIpc) is 2.20. The van der Waals surface area contributed by atoms with Crippen LogP contribution in [-0.4, -0.2) is 29.0 Å². The molecule has 1 aromatic carbocycles. The zero-order valence-electron chi connectivity index (χ0n) is 8.97. The topological polar surface area (TPSA) is 66.6 Å². The lowest BCUT2D eigenvalue weighted by atomic mass is 10.2. The van der Waals surface area contributed by atoms with Crippen LogP contribution in [0.4, 0.5) is 0 Å². The van der Waals surface area contributed by atoms with Crippen LogP contribution in [0.5, 0.6) is 5.75 Å². The molecule has 0 radical (unpaired) electrons. The summed E-state index contributed by atoms with van der Waals surface area (Å²) in [5.41, 5.74) is 6.45. The molecule has 1 rings (SSSR count). The maximum Gasteiger partial charge on any atom is 0.239 e. The minimum absolute atomic E-state index is 0.0944. The van der Waals surface area contributed by atoms with Gasteiger partial charge in [-0.05, 0) is 24.6 Å². The van der Waals surface area contributed by atoms with E-state index in [0.717, 1.165) is 5.56 Å². The number of carbonyl (C=O) groups excluding carboxylic acids is 1. The molecule has 82 valence electrons. The van der Waals surface area contributed by atoms with Gasteiger partial charge in [-0.25, -0.2) is 0 Å². The zero-order chi connectivity index (χ0) is 11.4. The normalized spacial score (nSPS) is 12.2. The molecule has 0 saturated carbocycles. The van der Waals surface area contributed by atoms with Crippen molar-refractivity contribution in [2.24, 2.45) is 5.73 Å². The molecular weight excluding hydrogens is 192 g/mol. The van der Waals surface area contributed by atoms with Crippen molar-refractivity contribution in [2.45, 2.75) is 19.5 Å². The van der Waals surface area contributed by atoms with Crippen molar-refractivity contribution in [1.29, 1.82) is 0 Å². The standard InChI is InChI=1S/C11H16N2O2/c1-8(12)11(15)13(2)7-9-3-5-10(14)6-4-9/h3-6,8,14H,7,12H2,1-2H3/t8-/m0/s1. The largest absolute Gasteiger partial charge is 0.508 e. The summed E-state index contributed by atoms with van der Waals surface area (Å²) in [6, 6.07) is 6.27. The van der Waals surface area contributed by atoms with Crippen molar-refractivity contribution < 1.29 is 9.90 Å². The number of hydrogen-bond donors (Lipinski definition) is 2. The Morgan fingerprint density at radius 3 is 2.47 bits per heavy atom. The number of rotatable bonds is 3. The van der Waals surface area contributed by atoms with Crippen molar-refractivity contribution in [1.82, 2.24) is 4.90 Å². The molecule has 1 atom stereocenters. The highest BCUT2D eigenvalue weighted by Crippen LogP contribution is 2.11. The van der Waals surface area contributed by atoms with Gasteiger partial charge in [0.05, 0.1) is 6.04 Å². The Labute approximate surface area is 89.3 Å². The van der Waals surface area contributed by atoms with Crippen molar-refractivity contribution in [3.8, 4) is 5.75 Å². The van der Waals surface area contributed by atoms with E-state index in [1.54, 1.807) is 43.1 Å². The molecule has 0 heterocycles. The number of benzene rings is 1. The molecule has 0 aliphatic heterocycles. The Balaban J connectivity index is 2.62. The van der Waals surface area contributed by atoms with Crippen LogP contribution in [0.2, 0.25) is 0 Å². The number of hydrogen-bond acceptors (Lipinski definition) is 3. The first-order chi connectivity index (χ1) is 7.00. The van der Waals surface area contributed by atoms with Gasteiger partial charge in [-0.15, -0.1) is 0 Å². The highest BCUT2D eigenvalue weighted by molar-refractivity contribution is 5.80. The van der Waals surface area contributed by atoms with Crippen molar-refractivity contribution in [3.05, 3.63) is 29.8 Å². The van der Waals surface area contributed by atoms with E-state index in [1.807, 2.05) is 0 Å². The smallest absolute Gasteiger partial charge is 0.239 e. The summed E-state index contributed by atoms with van der Waals surface area (Å²) < 4.78 is 0. The van der Waals surface area contributed by atoms with Crippen LogP contribution in [0.15, 0.2) is 24.3 Å². The second-order valence-electron chi connectivity index (χ2n) is 3.65. The van der Waals surface area contributed by atoms with Gasteiger partial charge >= 0.3 is 0 Å². The van der Waals surface area contributed by atoms with Gasteiger partial charge in [-0.2, -0.15) is 0 Å². The first-order valence-electron chi connectivity index (χ1n) is 4.79. The van der Waals surface area contributed by atoms with Gasteiger partial charge in [-0.3, -0.25) is 4.79 Å². The van der Waals surface area contributed by atoms with E-state index in [1.165, 1.54) is 0 Å². The molecule has 0 aromatic heterocycles. The van der Waals surface area contributed by atoms with Gasteiger partial charge in [0.1, 0.15) is 5.75 Å². The minimum atomic E-state index is -0.480. The highest BCUT2D eigenvalue weighted by atomic mass is 16.3. The number of nitrogens with two attached hydrogens (primary N) is 1. The van der Waals surface area contributed by atoms with Crippen LogP contribution in [0, 0.1) is 0 Å². The minimum Gasteiger partial charge on any atom is -0.508 e. The summed E-state index contributed by atoms with van der Waals surface area (Å²) in [5.74, 6) is 0.128. The molecule has 1 aromatic rings. The molecule has 1 amide bonds. The number of amides is 1. The predicted molar refractivity (Wildman–Crippen MR) is 58.2 cm³/mol. The number of phenols is 1. The van der Waals surface area contributed by atoms with Crippen LogP contribution in [0.3, 0.4) is 0 Å². The van der Waals surface area contributed by atoms with Crippen molar-refractivity contribution in [2.75, 3.05) is 7.05 Å². The molecule has 15 heavy (non-hydrogen) atoms. The summed E-state index contributed by atoms with van der Waals surface area (Å²) in [5, 5.41) is 9.09. The van der Waals surface area contributed by atoms with E-state index in [2.05, 4.69) is 0 Å². The van der Waals surface area contributed by atoms with Gasteiger partial charge in [0.25, 0.3) is 0 Å². The van der Waals surface area contributed by atoms with Crippen LogP contribution in [0.1, 0.15) is 12.5 Å². The molecule has 0 aliphatic carbocycles.